The van der Waals surface area contributed by atoms with Gasteiger partial charge in [-0.05, 0) is 37.9 Å². The predicted octanol–water partition coefficient (Wildman–Crippen LogP) is 5.00. The number of aliphatic hydroxyl groups is 1. The molecule has 0 atom stereocenters. The quantitative estimate of drug-likeness (QED) is 0.305. The lowest BCUT2D eigenvalue weighted by Gasteiger charge is -2.23. The lowest BCUT2D eigenvalue weighted by Crippen LogP contribution is -2.13. The van der Waals surface area contributed by atoms with Gasteiger partial charge in [0, 0.05) is 0 Å². The zero-order valence-electron chi connectivity index (χ0n) is 11.4. The van der Waals surface area contributed by atoms with Crippen LogP contribution >= 0.6 is 36.6 Å². The molecule has 1 nitrogen and oxygen atoms in total. The molecule has 0 bridgehead atoms. The van der Waals surface area contributed by atoms with Crippen LogP contribution in [0.2, 0.25) is 0 Å². The first-order valence-electron chi connectivity index (χ1n) is 7.18. The van der Waals surface area contributed by atoms with Crippen molar-refractivity contribution >= 4 is 41.7 Å². The molecule has 1 aliphatic rings. The first-order valence-corrected chi connectivity index (χ1v) is 9.03. The van der Waals surface area contributed by atoms with Crippen LogP contribution in [0.15, 0.2) is 0 Å². The minimum Gasteiger partial charge on any atom is -0.360 e. The fraction of sp³-hybridized carbons (Fsp3) is 0.929. The van der Waals surface area contributed by atoms with Gasteiger partial charge in [0.2, 0.25) is 0 Å². The fourth-order valence-electron chi connectivity index (χ4n) is 2.59. The van der Waals surface area contributed by atoms with Gasteiger partial charge in [-0.3, -0.25) is 0 Å². The van der Waals surface area contributed by atoms with E-state index in [0.29, 0.717) is 10.3 Å². The largest absolute Gasteiger partial charge is 0.360 e. The molecule has 1 rings (SSSR count). The Morgan fingerprint density at radius 2 is 1.50 bits per heavy atom. The van der Waals surface area contributed by atoms with Gasteiger partial charge in [-0.15, -0.1) is 0 Å². The molecule has 0 unspecified atom stereocenters. The van der Waals surface area contributed by atoms with E-state index in [4.69, 9.17) is 0 Å². The number of aliphatic hydroxyl groups excluding tert-OH is 1. The van der Waals surface area contributed by atoms with Crippen molar-refractivity contribution in [3.05, 3.63) is 0 Å². The minimum absolute atomic E-state index is 0.0493. The Morgan fingerprint density at radius 3 is 1.94 bits per heavy atom. The van der Waals surface area contributed by atoms with Crippen LogP contribution in [0.3, 0.4) is 0 Å². The second kappa shape index (κ2) is 8.93. The van der Waals surface area contributed by atoms with Gasteiger partial charge in [-0.2, -0.15) is 36.6 Å². The van der Waals surface area contributed by atoms with E-state index in [1.165, 1.54) is 51.4 Å². The standard InChI is InChI=1S/C14H28OS3/c1-12(15)18-13-8-4-2-6-10-14(16,17)11-7-3-5-9-13/h13,15-18H,2-11H2,1H3. The molecule has 1 fully saturated rings. The second-order valence-electron chi connectivity index (χ2n) is 5.51. The third kappa shape index (κ3) is 8.13. The number of hydrogen-bond donors (Lipinski definition) is 4. The normalized spacial score (nSPS) is 25.7. The summed E-state index contributed by atoms with van der Waals surface area (Å²) in [4.78, 5) is 0. The maximum absolute atomic E-state index is 9.45. The summed E-state index contributed by atoms with van der Waals surface area (Å²) < 4.78 is -0.0493. The summed E-state index contributed by atoms with van der Waals surface area (Å²) in [6.07, 6.45) is 12.3. The SMILES string of the molecule is CC(O)=[SH]C1CCCCCC(S)(S)CCCCC1. The summed E-state index contributed by atoms with van der Waals surface area (Å²) in [6.45, 7) is 1.83. The lowest BCUT2D eigenvalue weighted by atomic mass is 10.0. The molecular weight excluding hydrogens is 280 g/mol. The highest BCUT2D eigenvalue weighted by Crippen LogP contribution is 2.33. The molecule has 0 amide bonds. The van der Waals surface area contributed by atoms with E-state index in [0.717, 1.165) is 24.2 Å². The van der Waals surface area contributed by atoms with E-state index in [9.17, 15) is 5.11 Å². The van der Waals surface area contributed by atoms with E-state index in [2.05, 4.69) is 25.3 Å². The fourth-order valence-corrected chi connectivity index (χ4v) is 4.38. The molecule has 4 heteroatoms. The van der Waals surface area contributed by atoms with E-state index in [-0.39, 0.29) is 4.08 Å². The summed E-state index contributed by atoms with van der Waals surface area (Å²) in [6, 6.07) is 0. The average Bonchev–Trinajstić information content (AvgIpc) is 2.25. The summed E-state index contributed by atoms with van der Waals surface area (Å²) in [5, 5.41) is 10.7. The molecule has 0 aromatic heterocycles. The van der Waals surface area contributed by atoms with Crippen LogP contribution in [0.25, 0.3) is 0 Å². The van der Waals surface area contributed by atoms with Gasteiger partial charge in [0.25, 0.3) is 0 Å². The summed E-state index contributed by atoms with van der Waals surface area (Å²) in [7, 11) is 0. The summed E-state index contributed by atoms with van der Waals surface area (Å²) in [5.74, 6) is 0. The Balaban J connectivity index is 2.43. The highest BCUT2D eigenvalue weighted by atomic mass is 32.2. The number of thiol groups is 3. The van der Waals surface area contributed by atoms with Gasteiger partial charge in [0.05, 0.1) is 9.13 Å². The van der Waals surface area contributed by atoms with Crippen molar-refractivity contribution in [2.45, 2.75) is 80.5 Å². The molecular formula is C14H28OS3. The van der Waals surface area contributed by atoms with Crippen LogP contribution in [0.1, 0.15) is 71.1 Å². The van der Waals surface area contributed by atoms with Crippen LogP contribution in [-0.2, 0) is 0 Å². The maximum Gasteiger partial charge on any atom is 0.0666 e. The first-order chi connectivity index (χ1) is 8.49. The van der Waals surface area contributed by atoms with Crippen LogP contribution in [0.5, 0.6) is 0 Å². The van der Waals surface area contributed by atoms with Crippen LogP contribution in [0.4, 0.5) is 0 Å². The summed E-state index contributed by atoms with van der Waals surface area (Å²) in [5.41, 5.74) is 0. The average molecular weight is 309 g/mol. The van der Waals surface area contributed by atoms with Crippen LogP contribution < -0.4 is 0 Å². The molecule has 1 aliphatic carbocycles. The minimum atomic E-state index is -0.0493. The van der Waals surface area contributed by atoms with Gasteiger partial charge in [-0.25, -0.2) is 0 Å². The van der Waals surface area contributed by atoms with Gasteiger partial charge < -0.3 is 5.11 Å². The van der Waals surface area contributed by atoms with E-state index in [1.54, 1.807) is 0 Å². The van der Waals surface area contributed by atoms with Crippen molar-refractivity contribution in [1.29, 1.82) is 0 Å². The molecule has 18 heavy (non-hydrogen) atoms. The van der Waals surface area contributed by atoms with E-state index >= 15 is 0 Å². The van der Waals surface area contributed by atoms with Crippen molar-refractivity contribution in [2.75, 3.05) is 0 Å². The van der Waals surface area contributed by atoms with Crippen molar-refractivity contribution in [1.82, 2.24) is 0 Å². The Kier molecular flexibility index (Phi) is 8.40. The lowest BCUT2D eigenvalue weighted by molar-refractivity contribution is 0.505. The smallest absolute Gasteiger partial charge is 0.0666 e. The Bertz CT molecular complexity index is 244. The molecule has 0 radical (unpaired) electrons. The molecule has 0 aliphatic heterocycles. The number of hydrogen-bond acceptors (Lipinski definition) is 2. The highest BCUT2D eigenvalue weighted by molar-refractivity contribution is 8.00. The van der Waals surface area contributed by atoms with Crippen LogP contribution in [-0.4, -0.2) is 19.5 Å². The zero-order chi connectivity index (χ0) is 13.4. The Labute approximate surface area is 127 Å². The molecule has 0 heterocycles. The second-order valence-corrected chi connectivity index (χ2v) is 9.21. The van der Waals surface area contributed by atoms with Gasteiger partial charge in [-0.1, -0.05) is 38.5 Å². The molecule has 1 N–H and O–H groups in total. The van der Waals surface area contributed by atoms with Gasteiger partial charge in [0.15, 0.2) is 0 Å². The molecule has 0 saturated heterocycles. The zero-order valence-corrected chi connectivity index (χ0v) is 14.1. The summed E-state index contributed by atoms with van der Waals surface area (Å²) >= 11 is 10.5. The van der Waals surface area contributed by atoms with Crippen molar-refractivity contribution in [3.63, 3.8) is 0 Å². The molecule has 108 valence electrons. The van der Waals surface area contributed by atoms with Crippen molar-refractivity contribution < 1.29 is 5.11 Å². The third-order valence-corrected chi connectivity index (χ3v) is 5.75. The predicted molar refractivity (Wildman–Crippen MR) is 93.0 cm³/mol. The monoisotopic (exact) mass is 308 g/mol. The van der Waals surface area contributed by atoms with E-state index < -0.39 is 0 Å². The van der Waals surface area contributed by atoms with Gasteiger partial charge in [0.1, 0.15) is 0 Å². The number of rotatable bonds is 1. The maximum atomic E-state index is 9.45. The third-order valence-electron chi connectivity index (χ3n) is 3.60. The highest BCUT2D eigenvalue weighted by Gasteiger charge is 2.19. The Hall–Kier alpha value is 0.880. The first kappa shape index (κ1) is 16.9. The molecule has 1 saturated carbocycles. The van der Waals surface area contributed by atoms with Crippen molar-refractivity contribution in [2.24, 2.45) is 0 Å². The topological polar surface area (TPSA) is 20.2 Å². The molecule has 0 aromatic rings. The van der Waals surface area contributed by atoms with Gasteiger partial charge >= 0.3 is 0 Å². The molecule has 0 aromatic carbocycles. The van der Waals surface area contributed by atoms with E-state index in [1.807, 2.05) is 6.92 Å². The molecule has 0 spiro atoms. The Morgan fingerprint density at radius 1 is 1.00 bits per heavy atom. The van der Waals surface area contributed by atoms with Crippen LogP contribution in [0, 0.1) is 0 Å². The van der Waals surface area contributed by atoms with Crippen molar-refractivity contribution in [3.8, 4) is 0 Å².